The van der Waals surface area contributed by atoms with E-state index in [-0.39, 0.29) is 11.3 Å². The fourth-order valence-electron chi connectivity index (χ4n) is 2.04. The predicted molar refractivity (Wildman–Crippen MR) is 86.1 cm³/mol. The van der Waals surface area contributed by atoms with E-state index in [0.29, 0.717) is 17.3 Å². The average molecular weight is 315 g/mol. The monoisotopic (exact) mass is 315 g/mol. The summed E-state index contributed by atoms with van der Waals surface area (Å²) in [6.45, 7) is 0. The summed E-state index contributed by atoms with van der Waals surface area (Å²) in [6, 6.07) is 6.51. The molecule has 22 heavy (non-hydrogen) atoms. The Morgan fingerprint density at radius 2 is 2.23 bits per heavy atom. The zero-order valence-electron chi connectivity index (χ0n) is 11.7. The summed E-state index contributed by atoms with van der Waals surface area (Å²) in [5.41, 5.74) is 2.00. The fraction of sp³-hybridized carbons (Fsp3) is 0.143. The molecule has 2 heterocycles. The Balaban J connectivity index is 1.85. The highest BCUT2D eigenvalue weighted by Gasteiger charge is 2.11. The Morgan fingerprint density at radius 3 is 3.05 bits per heavy atom. The number of aromatic amines is 2. The number of imidazole rings is 1. The molecule has 8 heteroatoms. The van der Waals surface area contributed by atoms with Gasteiger partial charge in [-0.25, -0.2) is 9.97 Å². The molecular formula is C14H13N5O2S. The lowest BCUT2D eigenvalue weighted by Gasteiger charge is -2.06. The Kier molecular flexibility index (Phi) is 3.92. The molecule has 0 atom stereocenters. The number of H-pyrrole nitrogens is 2. The number of carbonyl (C=O) groups is 1. The molecule has 0 aliphatic heterocycles. The minimum absolute atomic E-state index is 0.0949. The molecule has 7 nitrogen and oxygen atoms in total. The Bertz CT molecular complexity index is 886. The van der Waals surface area contributed by atoms with Crippen LogP contribution in [-0.4, -0.2) is 32.1 Å². The Labute approximate surface area is 129 Å². The van der Waals surface area contributed by atoms with Crippen LogP contribution in [0.25, 0.3) is 11.0 Å². The third-order valence-corrected chi connectivity index (χ3v) is 3.54. The number of aromatic nitrogens is 4. The van der Waals surface area contributed by atoms with Gasteiger partial charge in [0.1, 0.15) is 11.5 Å². The van der Waals surface area contributed by atoms with Gasteiger partial charge in [0.15, 0.2) is 0 Å². The van der Waals surface area contributed by atoms with Crippen molar-refractivity contribution in [2.75, 3.05) is 11.6 Å². The lowest BCUT2D eigenvalue weighted by atomic mass is 10.2. The van der Waals surface area contributed by atoms with Gasteiger partial charge in [0.25, 0.3) is 11.5 Å². The number of nitrogens with zero attached hydrogens (tertiary/aromatic N) is 2. The third kappa shape index (κ3) is 3.01. The van der Waals surface area contributed by atoms with Crippen LogP contribution in [0.15, 0.2) is 35.4 Å². The van der Waals surface area contributed by atoms with Gasteiger partial charge in [-0.3, -0.25) is 9.59 Å². The van der Waals surface area contributed by atoms with Crippen molar-refractivity contribution in [2.24, 2.45) is 0 Å². The molecule has 0 unspecified atom stereocenters. The maximum Gasteiger partial charge on any atom is 0.274 e. The second-order valence-electron chi connectivity index (χ2n) is 4.60. The third-order valence-electron chi connectivity index (χ3n) is 2.98. The topological polar surface area (TPSA) is 104 Å². The van der Waals surface area contributed by atoms with Gasteiger partial charge in [0, 0.05) is 11.8 Å². The number of nitrogens with one attached hydrogen (secondary N) is 3. The van der Waals surface area contributed by atoms with Crippen LogP contribution in [0.1, 0.15) is 16.3 Å². The van der Waals surface area contributed by atoms with Crippen LogP contribution in [0.2, 0.25) is 0 Å². The molecule has 3 aromatic rings. The lowest BCUT2D eigenvalue weighted by Crippen LogP contribution is -2.20. The van der Waals surface area contributed by atoms with E-state index in [1.165, 1.54) is 17.8 Å². The number of hydrogen-bond acceptors (Lipinski definition) is 5. The number of hydrogen-bond donors (Lipinski definition) is 3. The Morgan fingerprint density at radius 1 is 1.36 bits per heavy atom. The quantitative estimate of drug-likeness (QED) is 0.680. The predicted octanol–water partition coefficient (Wildman–Crippen LogP) is 1.76. The molecule has 0 radical (unpaired) electrons. The number of carbonyl (C=O) groups excluding carboxylic acids is 1. The van der Waals surface area contributed by atoms with E-state index >= 15 is 0 Å². The molecule has 0 aliphatic carbocycles. The van der Waals surface area contributed by atoms with Crippen LogP contribution in [0.4, 0.5) is 5.69 Å². The molecule has 0 spiro atoms. The van der Waals surface area contributed by atoms with Crippen LogP contribution >= 0.6 is 11.8 Å². The maximum absolute atomic E-state index is 12.2. The van der Waals surface area contributed by atoms with Gasteiger partial charge in [-0.05, 0) is 24.5 Å². The van der Waals surface area contributed by atoms with E-state index in [2.05, 4.69) is 25.3 Å². The maximum atomic E-state index is 12.2. The molecule has 3 N–H and O–H groups in total. The number of anilines is 1. The molecule has 2 aromatic heterocycles. The summed E-state index contributed by atoms with van der Waals surface area (Å²) in [5.74, 6) is 0.595. The van der Waals surface area contributed by atoms with Crippen molar-refractivity contribution in [2.45, 2.75) is 5.75 Å². The van der Waals surface area contributed by atoms with Gasteiger partial charge in [0.2, 0.25) is 0 Å². The summed E-state index contributed by atoms with van der Waals surface area (Å²) >= 11 is 1.51. The summed E-state index contributed by atoms with van der Waals surface area (Å²) in [6.07, 6.45) is 3.48. The number of thioether (sulfide) groups is 1. The number of rotatable bonds is 4. The van der Waals surface area contributed by atoms with Crippen LogP contribution in [0, 0.1) is 0 Å². The van der Waals surface area contributed by atoms with Gasteiger partial charge >= 0.3 is 0 Å². The molecule has 0 aliphatic rings. The second-order valence-corrected chi connectivity index (χ2v) is 5.46. The fourth-order valence-corrected chi connectivity index (χ4v) is 2.45. The van der Waals surface area contributed by atoms with E-state index in [4.69, 9.17) is 0 Å². The zero-order chi connectivity index (χ0) is 15.5. The van der Waals surface area contributed by atoms with Crippen molar-refractivity contribution < 1.29 is 4.79 Å². The molecule has 0 saturated carbocycles. The molecule has 0 bridgehead atoms. The molecule has 0 fully saturated rings. The van der Waals surface area contributed by atoms with Gasteiger partial charge in [0.05, 0.1) is 23.1 Å². The van der Waals surface area contributed by atoms with Crippen molar-refractivity contribution in [3.63, 3.8) is 0 Å². The van der Waals surface area contributed by atoms with Gasteiger partial charge in [-0.2, -0.15) is 11.8 Å². The highest BCUT2D eigenvalue weighted by atomic mass is 32.2. The van der Waals surface area contributed by atoms with Gasteiger partial charge < -0.3 is 15.3 Å². The zero-order valence-corrected chi connectivity index (χ0v) is 12.5. The molecule has 1 amide bonds. The average Bonchev–Trinajstić information content (AvgIpc) is 2.94. The van der Waals surface area contributed by atoms with Crippen molar-refractivity contribution in [1.82, 2.24) is 19.9 Å². The molecule has 112 valence electrons. The lowest BCUT2D eigenvalue weighted by molar-refractivity contribution is 0.102. The van der Waals surface area contributed by atoms with Crippen molar-refractivity contribution in [3.05, 3.63) is 52.5 Å². The highest BCUT2D eigenvalue weighted by Crippen LogP contribution is 2.16. The van der Waals surface area contributed by atoms with E-state index in [9.17, 15) is 9.59 Å². The second kappa shape index (κ2) is 6.02. The van der Waals surface area contributed by atoms with E-state index in [1.54, 1.807) is 24.5 Å². The van der Waals surface area contributed by atoms with Crippen LogP contribution in [0.5, 0.6) is 0 Å². The number of benzene rings is 1. The largest absolute Gasteiger partial charge is 0.345 e. The number of amides is 1. The SMILES string of the molecule is CSCc1nc(C(=O)Nc2ccc3nc[nH]c3c2)cc(=O)[nH]1. The van der Waals surface area contributed by atoms with Gasteiger partial charge in [-0.1, -0.05) is 0 Å². The molecule has 3 rings (SSSR count). The minimum atomic E-state index is -0.424. The van der Waals surface area contributed by atoms with E-state index < -0.39 is 5.91 Å². The van der Waals surface area contributed by atoms with Crippen LogP contribution in [-0.2, 0) is 5.75 Å². The first-order chi connectivity index (χ1) is 10.7. The molecule has 0 saturated heterocycles. The summed E-state index contributed by atoms with van der Waals surface area (Å²) in [7, 11) is 0. The van der Waals surface area contributed by atoms with E-state index in [0.717, 1.165) is 11.0 Å². The first kappa shape index (κ1) is 14.3. The Hall–Kier alpha value is -2.61. The minimum Gasteiger partial charge on any atom is -0.345 e. The standard InChI is InChI=1S/C14H13N5O2S/c1-22-6-12-18-11(5-13(20)19-12)14(21)17-8-2-3-9-10(4-8)16-7-15-9/h2-5,7H,6H2,1H3,(H,15,16)(H,17,21)(H,18,19,20). The first-order valence-corrected chi connectivity index (χ1v) is 7.89. The smallest absolute Gasteiger partial charge is 0.274 e. The summed E-state index contributed by atoms with van der Waals surface area (Å²) in [4.78, 5) is 37.7. The normalized spacial score (nSPS) is 10.8. The van der Waals surface area contributed by atoms with Crippen LogP contribution in [0.3, 0.4) is 0 Å². The number of fused-ring (bicyclic) bond motifs is 1. The van der Waals surface area contributed by atoms with Gasteiger partial charge in [-0.15, -0.1) is 0 Å². The molecular weight excluding hydrogens is 302 g/mol. The molecule has 1 aromatic carbocycles. The van der Waals surface area contributed by atoms with Crippen molar-refractivity contribution in [3.8, 4) is 0 Å². The summed E-state index contributed by atoms with van der Waals surface area (Å²) < 4.78 is 0. The van der Waals surface area contributed by atoms with Crippen LogP contribution < -0.4 is 10.9 Å². The van der Waals surface area contributed by atoms with Crippen molar-refractivity contribution >= 4 is 34.4 Å². The van der Waals surface area contributed by atoms with E-state index in [1.807, 2.05) is 6.26 Å². The van der Waals surface area contributed by atoms with Crippen molar-refractivity contribution in [1.29, 1.82) is 0 Å². The summed E-state index contributed by atoms with van der Waals surface area (Å²) in [5, 5.41) is 2.73. The first-order valence-electron chi connectivity index (χ1n) is 6.49. The highest BCUT2D eigenvalue weighted by molar-refractivity contribution is 7.97.